The minimum Gasteiger partial charge on any atom is -0.368 e. The van der Waals surface area contributed by atoms with Gasteiger partial charge in [-0.15, -0.1) is 0 Å². The van der Waals surface area contributed by atoms with Gasteiger partial charge >= 0.3 is 0 Å². The monoisotopic (exact) mass is 344 g/mol. The van der Waals surface area contributed by atoms with Gasteiger partial charge in [-0.25, -0.2) is 4.57 Å². The topological polar surface area (TPSA) is 93.1 Å². The van der Waals surface area contributed by atoms with Crippen molar-refractivity contribution in [2.45, 2.75) is 17.9 Å². The normalized spacial score (nSPS) is 10.2. The Labute approximate surface area is 144 Å². The molecule has 0 saturated heterocycles. The van der Waals surface area contributed by atoms with Crippen LogP contribution in [0.5, 0.6) is 0 Å². The first kappa shape index (κ1) is 17.7. The van der Waals surface area contributed by atoms with Gasteiger partial charge in [0, 0.05) is 17.0 Å². The van der Waals surface area contributed by atoms with Gasteiger partial charge in [0.15, 0.2) is 24.1 Å². The van der Waals surface area contributed by atoms with Crippen molar-refractivity contribution in [3.8, 4) is 0 Å². The second-order valence-electron chi connectivity index (χ2n) is 4.98. The number of nitrogens with two attached hydrogens (primary N) is 1. The maximum atomic E-state index is 12.2. The number of amides is 2. The molecule has 0 atom stereocenters. The summed E-state index contributed by atoms with van der Waals surface area (Å²) in [4.78, 5) is 35.6. The van der Waals surface area contributed by atoms with Gasteiger partial charge in [-0.1, -0.05) is 30.0 Å². The van der Waals surface area contributed by atoms with E-state index in [0.717, 1.165) is 11.8 Å². The van der Waals surface area contributed by atoms with Crippen LogP contribution in [0.3, 0.4) is 0 Å². The average Bonchev–Trinajstić information content (AvgIpc) is 2.59. The van der Waals surface area contributed by atoms with E-state index in [1.165, 1.54) is 0 Å². The molecule has 124 valence electrons. The average molecular weight is 344 g/mol. The van der Waals surface area contributed by atoms with E-state index in [0.29, 0.717) is 23.4 Å². The molecule has 24 heavy (non-hydrogen) atoms. The molecule has 7 heteroatoms. The van der Waals surface area contributed by atoms with Gasteiger partial charge in [0.05, 0.1) is 18.5 Å². The molecular formula is C17H18N3O3S+. The number of primary amides is 1. The van der Waals surface area contributed by atoms with Crippen LogP contribution in [-0.4, -0.2) is 23.5 Å². The molecule has 0 saturated carbocycles. The van der Waals surface area contributed by atoms with Crippen molar-refractivity contribution in [2.24, 2.45) is 5.73 Å². The molecule has 3 N–H and O–H groups in total. The summed E-state index contributed by atoms with van der Waals surface area (Å²) in [6.45, 7) is 0.332. The van der Waals surface area contributed by atoms with Crippen LogP contribution in [0.15, 0.2) is 59.8 Å². The number of hydrogen-bond donors (Lipinski definition) is 2. The minimum absolute atomic E-state index is 0.0403. The van der Waals surface area contributed by atoms with Crippen LogP contribution in [-0.2, 0) is 16.1 Å². The molecule has 1 aromatic heterocycles. The van der Waals surface area contributed by atoms with Gasteiger partial charge in [0.25, 0.3) is 5.91 Å². The summed E-state index contributed by atoms with van der Waals surface area (Å²) in [6.07, 6.45) is 4.13. The Kier molecular flexibility index (Phi) is 6.51. The van der Waals surface area contributed by atoms with Gasteiger partial charge in [-0.2, -0.15) is 0 Å². The molecule has 0 fully saturated rings. The number of carbonyl (C=O) groups excluding carboxylic acids is 3. The van der Waals surface area contributed by atoms with Crippen LogP contribution in [0.2, 0.25) is 0 Å². The fraction of sp³-hybridized carbons (Fsp3) is 0.176. The summed E-state index contributed by atoms with van der Waals surface area (Å²) in [6, 6.07) is 12.5. The van der Waals surface area contributed by atoms with Crippen LogP contribution in [0.1, 0.15) is 16.8 Å². The van der Waals surface area contributed by atoms with Crippen LogP contribution >= 0.6 is 11.8 Å². The molecule has 0 aliphatic rings. The standard InChI is InChI=1S/C17H17N3O3S/c18-15(21)12-19-17(23)13-6-2-3-7-14(13)24-16(22)8-11-20-9-4-1-5-10-20/h1-7,9-10H,8,11-12H2,(H2-,18,19,21,23)/p+1. The van der Waals surface area contributed by atoms with Gasteiger partial charge in [-0.05, 0) is 12.1 Å². The number of aryl methyl sites for hydroxylation is 1. The third-order valence-corrected chi connectivity index (χ3v) is 4.14. The number of thioether (sulfide) groups is 1. The maximum absolute atomic E-state index is 12.2. The van der Waals surface area contributed by atoms with E-state index in [4.69, 9.17) is 5.73 Å². The number of nitrogens with zero attached hydrogens (tertiary/aromatic N) is 1. The first-order chi connectivity index (χ1) is 11.6. The summed E-state index contributed by atoms with van der Waals surface area (Å²) in [7, 11) is 0. The molecular weight excluding hydrogens is 326 g/mol. The zero-order chi connectivity index (χ0) is 17.4. The smallest absolute Gasteiger partial charge is 0.252 e. The number of carbonyl (C=O) groups is 3. The lowest BCUT2D eigenvalue weighted by Crippen LogP contribution is -2.33. The number of pyridine rings is 1. The lowest BCUT2D eigenvalue weighted by Gasteiger charge is -2.08. The Morgan fingerprint density at radius 3 is 2.46 bits per heavy atom. The number of hydrogen-bond acceptors (Lipinski definition) is 4. The zero-order valence-electron chi connectivity index (χ0n) is 13.0. The Bertz CT molecular complexity index is 735. The fourth-order valence-electron chi connectivity index (χ4n) is 1.98. The van der Waals surface area contributed by atoms with Crippen molar-refractivity contribution in [3.63, 3.8) is 0 Å². The third kappa shape index (κ3) is 5.51. The highest BCUT2D eigenvalue weighted by Crippen LogP contribution is 2.24. The summed E-state index contributed by atoms with van der Waals surface area (Å²) in [5.41, 5.74) is 5.37. The summed E-state index contributed by atoms with van der Waals surface area (Å²) in [5.74, 6) is -1.05. The molecule has 2 aromatic rings. The predicted octanol–water partition coefficient (Wildman–Crippen LogP) is 0.898. The molecule has 0 bridgehead atoms. The molecule has 2 amide bonds. The van der Waals surface area contributed by atoms with Crippen LogP contribution in [0, 0.1) is 0 Å². The van der Waals surface area contributed by atoms with E-state index in [9.17, 15) is 14.4 Å². The SMILES string of the molecule is NC(=O)CNC(=O)c1ccccc1SC(=O)CC[n+]1ccccc1. The van der Waals surface area contributed by atoms with E-state index in [-0.39, 0.29) is 11.7 Å². The molecule has 1 aromatic carbocycles. The quantitative estimate of drug-likeness (QED) is 0.576. The van der Waals surface area contributed by atoms with E-state index in [1.807, 2.05) is 35.2 Å². The van der Waals surface area contributed by atoms with Gasteiger partial charge < -0.3 is 11.1 Å². The lowest BCUT2D eigenvalue weighted by atomic mass is 10.2. The highest BCUT2D eigenvalue weighted by Gasteiger charge is 2.15. The highest BCUT2D eigenvalue weighted by molar-refractivity contribution is 8.13. The van der Waals surface area contributed by atoms with Crippen molar-refractivity contribution in [1.82, 2.24) is 5.32 Å². The highest BCUT2D eigenvalue weighted by atomic mass is 32.2. The predicted molar refractivity (Wildman–Crippen MR) is 90.1 cm³/mol. The molecule has 0 aliphatic carbocycles. The van der Waals surface area contributed by atoms with Gasteiger partial charge in [0.2, 0.25) is 5.91 Å². The van der Waals surface area contributed by atoms with Crippen LogP contribution < -0.4 is 15.6 Å². The first-order valence-corrected chi connectivity index (χ1v) is 8.18. The Balaban J connectivity index is 1.97. The van der Waals surface area contributed by atoms with E-state index >= 15 is 0 Å². The van der Waals surface area contributed by atoms with Crippen molar-refractivity contribution in [3.05, 3.63) is 60.4 Å². The molecule has 2 rings (SSSR count). The number of nitrogens with one attached hydrogen (secondary N) is 1. The van der Waals surface area contributed by atoms with Crippen molar-refractivity contribution in [1.29, 1.82) is 0 Å². The van der Waals surface area contributed by atoms with Crippen molar-refractivity contribution < 1.29 is 19.0 Å². The first-order valence-electron chi connectivity index (χ1n) is 7.36. The van der Waals surface area contributed by atoms with E-state index in [1.54, 1.807) is 24.3 Å². The lowest BCUT2D eigenvalue weighted by molar-refractivity contribution is -0.695. The third-order valence-electron chi connectivity index (χ3n) is 3.13. The van der Waals surface area contributed by atoms with E-state index < -0.39 is 11.8 Å². The van der Waals surface area contributed by atoms with Crippen molar-refractivity contribution in [2.75, 3.05) is 6.54 Å². The molecule has 0 radical (unpaired) electrons. The van der Waals surface area contributed by atoms with Gasteiger partial charge in [-0.3, -0.25) is 14.4 Å². The second kappa shape index (κ2) is 8.83. The summed E-state index contributed by atoms with van der Waals surface area (Å²) in [5, 5.41) is 2.39. The zero-order valence-corrected chi connectivity index (χ0v) is 13.8. The number of benzene rings is 1. The molecule has 0 spiro atoms. The Morgan fingerprint density at radius 2 is 1.75 bits per heavy atom. The maximum Gasteiger partial charge on any atom is 0.252 e. The minimum atomic E-state index is -0.621. The molecule has 0 unspecified atom stereocenters. The van der Waals surface area contributed by atoms with Crippen molar-refractivity contribution >= 4 is 28.7 Å². The van der Waals surface area contributed by atoms with E-state index in [2.05, 4.69) is 5.32 Å². The summed E-state index contributed by atoms with van der Waals surface area (Å²) < 4.78 is 1.92. The van der Waals surface area contributed by atoms with Gasteiger partial charge in [0.1, 0.15) is 0 Å². The number of aromatic nitrogens is 1. The Morgan fingerprint density at radius 1 is 1.04 bits per heavy atom. The summed E-state index contributed by atoms with van der Waals surface area (Å²) >= 11 is 1.02. The molecule has 0 aliphatic heterocycles. The molecule has 1 heterocycles. The van der Waals surface area contributed by atoms with Crippen LogP contribution in [0.25, 0.3) is 0 Å². The second-order valence-corrected chi connectivity index (χ2v) is 6.08. The van der Waals surface area contributed by atoms with Crippen LogP contribution in [0.4, 0.5) is 0 Å². The fourth-order valence-corrected chi connectivity index (χ4v) is 2.84. The Hall–Kier alpha value is -2.67. The molecule has 6 nitrogen and oxygen atoms in total. The largest absolute Gasteiger partial charge is 0.368 e. The number of rotatable bonds is 7.